The van der Waals surface area contributed by atoms with Crippen LogP contribution in [0.3, 0.4) is 0 Å². The summed E-state index contributed by atoms with van der Waals surface area (Å²) in [6, 6.07) is 11.2. The predicted molar refractivity (Wildman–Crippen MR) is 85.5 cm³/mol. The number of benzene rings is 1. The second-order valence-corrected chi connectivity index (χ2v) is 5.32. The highest BCUT2D eigenvalue weighted by Gasteiger charge is 2.05. The lowest BCUT2D eigenvalue weighted by Gasteiger charge is -2.09. The molecule has 1 aromatic carbocycles. The van der Waals surface area contributed by atoms with Crippen molar-refractivity contribution >= 4 is 23.2 Å². The summed E-state index contributed by atoms with van der Waals surface area (Å²) in [6.07, 6.45) is 0. The summed E-state index contributed by atoms with van der Waals surface area (Å²) in [4.78, 5) is 16.3. The highest BCUT2D eigenvalue weighted by molar-refractivity contribution is 6.31. The number of hydrogen-bond donors (Lipinski definition) is 2. The number of pyridine rings is 1. The lowest BCUT2D eigenvalue weighted by molar-refractivity contribution is -0.115. The van der Waals surface area contributed by atoms with Gasteiger partial charge < -0.3 is 10.6 Å². The van der Waals surface area contributed by atoms with E-state index in [-0.39, 0.29) is 12.5 Å². The summed E-state index contributed by atoms with van der Waals surface area (Å²) in [5.41, 5.74) is 3.60. The van der Waals surface area contributed by atoms with Crippen molar-refractivity contribution in [2.45, 2.75) is 20.4 Å². The van der Waals surface area contributed by atoms with Gasteiger partial charge in [-0.25, -0.2) is 0 Å². The van der Waals surface area contributed by atoms with E-state index < -0.39 is 0 Å². The molecule has 0 fully saturated rings. The summed E-state index contributed by atoms with van der Waals surface area (Å²) in [7, 11) is 0. The van der Waals surface area contributed by atoms with E-state index in [1.54, 1.807) is 12.1 Å². The Hall–Kier alpha value is -1.91. The Bertz CT molecular complexity index is 643. The van der Waals surface area contributed by atoms with E-state index in [4.69, 9.17) is 11.6 Å². The van der Waals surface area contributed by atoms with Crippen molar-refractivity contribution in [2.75, 3.05) is 11.9 Å². The zero-order valence-electron chi connectivity index (χ0n) is 12.1. The minimum atomic E-state index is -0.104. The molecule has 1 heterocycles. The first-order valence-electron chi connectivity index (χ1n) is 6.74. The number of aryl methyl sites for hydroxylation is 2. The second-order valence-electron chi connectivity index (χ2n) is 4.88. The average molecular weight is 304 g/mol. The molecule has 2 N–H and O–H groups in total. The van der Waals surface area contributed by atoms with E-state index in [2.05, 4.69) is 15.6 Å². The molecule has 5 heteroatoms. The van der Waals surface area contributed by atoms with Gasteiger partial charge in [0.2, 0.25) is 5.91 Å². The molecule has 0 aliphatic rings. The molecule has 21 heavy (non-hydrogen) atoms. The Morgan fingerprint density at radius 1 is 1.24 bits per heavy atom. The highest BCUT2D eigenvalue weighted by atomic mass is 35.5. The first-order valence-corrected chi connectivity index (χ1v) is 7.11. The molecule has 0 spiro atoms. The van der Waals surface area contributed by atoms with Gasteiger partial charge in [0.25, 0.3) is 0 Å². The van der Waals surface area contributed by atoms with Gasteiger partial charge in [-0.1, -0.05) is 23.7 Å². The van der Waals surface area contributed by atoms with Crippen molar-refractivity contribution in [3.8, 4) is 0 Å². The summed E-state index contributed by atoms with van der Waals surface area (Å²) in [5.74, 6) is -0.104. The normalized spacial score (nSPS) is 10.4. The third-order valence-corrected chi connectivity index (χ3v) is 3.25. The largest absolute Gasteiger partial charge is 0.325 e. The molecule has 2 aromatic rings. The van der Waals surface area contributed by atoms with Gasteiger partial charge in [0.05, 0.1) is 12.2 Å². The van der Waals surface area contributed by atoms with E-state index in [0.717, 1.165) is 22.6 Å². The maximum Gasteiger partial charge on any atom is 0.238 e. The summed E-state index contributed by atoms with van der Waals surface area (Å²) in [5, 5.41) is 6.52. The number of rotatable bonds is 5. The van der Waals surface area contributed by atoms with Crippen LogP contribution in [0.1, 0.15) is 17.0 Å². The molecule has 0 aliphatic carbocycles. The van der Waals surface area contributed by atoms with Crippen LogP contribution in [-0.4, -0.2) is 17.4 Å². The molecule has 2 rings (SSSR count). The van der Waals surface area contributed by atoms with Crippen molar-refractivity contribution in [1.29, 1.82) is 0 Å². The lowest BCUT2D eigenvalue weighted by Crippen LogP contribution is -2.28. The molecule has 0 atom stereocenters. The Morgan fingerprint density at radius 3 is 2.81 bits per heavy atom. The zero-order valence-corrected chi connectivity index (χ0v) is 12.9. The number of nitrogens with zero attached hydrogens (tertiary/aromatic N) is 1. The Kier molecular flexibility index (Phi) is 5.31. The molecular weight excluding hydrogens is 286 g/mol. The molecule has 110 valence electrons. The van der Waals surface area contributed by atoms with Crippen LogP contribution in [0.25, 0.3) is 0 Å². The fourth-order valence-electron chi connectivity index (χ4n) is 1.93. The number of carbonyl (C=O) groups is 1. The van der Waals surface area contributed by atoms with Gasteiger partial charge >= 0.3 is 0 Å². The quantitative estimate of drug-likeness (QED) is 0.892. The van der Waals surface area contributed by atoms with Crippen LogP contribution in [0.15, 0.2) is 36.4 Å². The number of aromatic nitrogens is 1. The van der Waals surface area contributed by atoms with E-state index >= 15 is 0 Å². The number of amides is 1. The second kappa shape index (κ2) is 7.20. The van der Waals surface area contributed by atoms with Gasteiger partial charge in [0.1, 0.15) is 0 Å². The smallest absolute Gasteiger partial charge is 0.238 e. The van der Waals surface area contributed by atoms with E-state index in [1.807, 2.05) is 38.1 Å². The minimum absolute atomic E-state index is 0.104. The van der Waals surface area contributed by atoms with Crippen LogP contribution in [0, 0.1) is 13.8 Å². The van der Waals surface area contributed by atoms with Gasteiger partial charge in [0, 0.05) is 22.9 Å². The fourth-order valence-corrected chi connectivity index (χ4v) is 2.10. The van der Waals surface area contributed by atoms with Crippen molar-refractivity contribution in [3.05, 3.63) is 58.4 Å². The molecule has 0 aliphatic heterocycles. The number of halogens is 1. The lowest BCUT2D eigenvalue weighted by atomic mass is 10.2. The third-order valence-electron chi connectivity index (χ3n) is 3.01. The summed E-state index contributed by atoms with van der Waals surface area (Å²) in [6.45, 7) is 4.65. The Morgan fingerprint density at radius 2 is 2.05 bits per heavy atom. The van der Waals surface area contributed by atoms with Crippen molar-refractivity contribution < 1.29 is 4.79 Å². The number of carbonyl (C=O) groups excluding carboxylic acids is 1. The molecule has 0 unspecified atom stereocenters. The van der Waals surface area contributed by atoms with Crippen LogP contribution >= 0.6 is 11.6 Å². The summed E-state index contributed by atoms with van der Waals surface area (Å²) < 4.78 is 0. The van der Waals surface area contributed by atoms with Crippen molar-refractivity contribution in [2.24, 2.45) is 0 Å². The SMILES string of the molecule is Cc1cccc(CNCC(=O)Nc2cc(Cl)ccc2C)n1. The standard InChI is InChI=1S/C16H18ClN3O/c1-11-6-7-13(17)8-15(11)20-16(21)10-18-9-14-5-3-4-12(2)19-14/h3-8,18H,9-10H2,1-2H3,(H,20,21). The van der Waals surface area contributed by atoms with E-state index in [0.29, 0.717) is 11.6 Å². The molecule has 1 amide bonds. The van der Waals surface area contributed by atoms with Crippen molar-refractivity contribution in [3.63, 3.8) is 0 Å². The molecule has 1 aromatic heterocycles. The van der Waals surface area contributed by atoms with Gasteiger partial charge in [-0.05, 0) is 43.7 Å². The topological polar surface area (TPSA) is 54.0 Å². The zero-order chi connectivity index (χ0) is 15.2. The molecular formula is C16H18ClN3O. The Balaban J connectivity index is 1.84. The van der Waals surface area contributed by atoms with Crippen molar-refractivity contribution in [1.82, 2.24) is 10.3 Å². The van der Waals surface area contributed by atoms with E-state index in [1.165, 1.54) is 0 Å². The maximum atomic E-state index is 11.9. The van der Waals surface area contributed by atoms with Gasteiger partial charge in [0.15, 0.2) is 0 Å². The minimum Gasteiger partial charge on any atom is -0.325 e. The fraction of sp³-hybridized carbons (Fsp3) is 0.250. The van der Waals surface area contributed by atoms with Gasteiger partial charge in [-0.2, -0.15) is 0 Å². The van der Waals surface area contributed by atoms with Crippen LogP contribution < -0.4 is 10.6 Å². The van der Waals surface area contributed by atoms with E-state index in [9.17, 15) is 4.79 Å². The van der Waals surface area contributed by atoms with Crippen LogP contribution in [-0.2, 0) is 11.3 Å². The molecule has 0 saturated carbocycles. The monoisotopic (exact) mass is 303 g/mol. The number of nitrogens with one attached hydrogen (secondary N) is 2. The molecule has 4 nitrogen and oxygen atoms in total. The number of hydrogen-bond acceptors (Lipinski definition) is 3. The van der Waals surface area contributed by atoms with Crippen LogP contribution in [0.5, 0.6) is 0 Å². The summed E-state index contributed by atoms with van der Waals surface area (Å²) >= 11 is 5.92. The third kappa shape index (κ3) is 4.85. The average Bonchev–Trinajstić information content (AvgIpc) is 2.43. The van der Waals surface area contributed by atoms with Gasteiger partial charge in [-0.3, -0.25) is 9.78 Å². The molecule has 0 bridgehead atoms. The highest BCUT2D eigenvalue weighted by Crippen LogP contribution is 2.19. The first kappa shape index (κ1) is 15.5. The molecule has 0 saturated heterocycles. The predicted octanol–water partition coefficient (Wildman–Crippen LogP) is 3.08. The van der Waals surface area contributed by atoms with Crippen LogP contribution in [0.4, 0.5) is 5.69 Å². The molecule has 0 radical (unpaired) electrons. The van der Waals surface area contributed by atoms with Gasteiger partial charge in [-0.15, -0.1) is 0 Å². The van der Waals surface area contributed by atoms with Crippen LogP contribution in [0.2, 0.25) is 5.02 Å². The maximum absolute atomic E-state index is 11.9. The number of anilines is 1. The first-order chi connectivity index (χ1) is 10.0. The Labute approximate surface area is 129 Å².